The molecule has 3 aliphatic heterocycles. The van der Waals surface area contributed by atoms with Gasteiger partial charge in [0.05, 0.1) is 12.3 Å². The zero-order valence-electron chi connectivity index (χ0n) is 20.8. The van der Waals surface area contributed by atoms with Gasteiger partial charge < -0.3 is 15.0 Å². The van der Waals surface area contributed by atoms with Crippen LogP contribution in [0.4, 0.5) is 4.39 Å². The lowest BCUT2D eigenvalue weighted by Gasteiger charge is -2.44. The summed E-state index contributed by atoms with van der Waals surface area (Å²) in [6, 6.07) is -0.540. The van der Waals surface area contributed by atoms with Crippen molar-refractivity contribution in [2.75, 3.05) is 33.7 Å². The molecule has 1 aliphatic carbocycles. The minimum atomic E-state index is -2.46. The van der Waals surface area contributed by atoms with Gasteiger partial charge in [0, 0.05) is 36.6 Å². The largest absolute Gasteiger partial charge is 0.377 e. The quantitative estimate of drug-likeness (QED) is 0.533. The van der Waals surface area contributed by atoms with Crippen LogP contribution in [0.5, 0.6) is 0 Å². The van der Waals surface area contributed by atoms with Crippen LogP contribution in [0.15, 0.2) is 11.6 Å². The van der Waals surface area contributed by atoms with Crippen molar-refractivity contribution in [1.82, 2.24) is 26.2 Å². The highest BCUT2D eigenvalue weighted by Crippen LogP contribution is 2.42. The highest BCUT2D eigenvalue weighted by molar-refractivity contribution is 5.15. The summed E-state index contributed by atoms with van der Waals surface area (Å²) in [6.45, 7) is 0.266. The van der Waals surface area contributed by atoms with Gasteiger partial charge >= 0.3 is 0 Å². The normalized spacial score (nSPS) is 47.9. The molecule has 0 aromatic rings. The summed E-state index contributed by atoms with van der Waals surface area (Å²) in [7, 11) is 2.16. The van der Waals surface area contributed by atoms with Gasteiger partial charge in [0.25, 0.3) is 0 Å². The number of hydrogen-bond acceptors (Lipinski definition) is 6. The molecule has 0 amide bonds. The Balaban J connectivity index is 1.44. The van der Waals surface area contributed by atoms with Crippen molar-refractivity contribution in [3.05, 3.63) is 11.6 Å². The van der Waals surface area contributed by atoms with Crippen LogP contribution in [-0.2, 0) is 4.74 Å². The molecule has 4 aliphatic rings. The minimum Gasteiger partial charge on any atom is -0.377 e. The maximum Gasteiger partial charge on any atom is 0.143 e. The number of hydrogen-bond donors (Lipinski definition) is 4. The molecular weight excluding hydrogens is 357 g/mol. The Morgan fingerprint density at radius 2 is 2.29 bits per heavy atom. The SMILES string of the molecule is [2H]CC1NC(NC2CC3CCOC3C(C3=CCN(C)CCC3)C2)NC(NC([2H])([2H])[2H])C1F. The number of nitrogens with one attached hydrogen (secondary N) is 4. The van der Waals surface area contributed by atoms with E-state index in [-0.39, 0.29) is 19.0 Å². The van der Waals surface area contributed by atoms with Gasteiger partial charge in [0.1, 0.15) is 12.5 Å². The van der Waals surface area contributed by atoms with E-state index < -0.39 is 31.6 Å². The van der Waals surface area contributed by atoms with Gasteiger partial charge in [-0.25, -0.2) is 4.39 Å². The van der Waals surface area contributed by atoms with Crippen LogP contribution in [0, 0.1) is 11.8 Å². The van der Waals surface area contributed by atoms with Gasteiger partial charge in [-0.15, -0.1) is 0 Å². The Morgan fingerprint density at radius 1 is 1.36 bits per heavy atom. The third-order valence-corrected chi connectivity index (χ3v) is 6.92. The average molecular weight is 400 g/mol. The lowest BCUT2D eigenvalue weighted by Crippen LogP contribution is -2.72. The molecular formula is C21H38FN5O. The van der Waals surface area contributed by atoms with E-state index in [1.807, 2.05) is 0 Å². The second-order valence-electron chi connectivity index (χ2n) is 8.91. The molecule has 160 valence electrons. The first-order chi connectivity index (χ1) is 15.2. The lowest BCUT2D eigenvalue weighted by molar-refractivity contribution is 0.0147. The number of halogens is 1. The molecule has 0 aromatic carbocycles. The third-order valence-electron chi connectivity index (χ3n) is 6.92. The molecule has 3 heterocycles. The Bertz CT molecular complexity index is 669. The summed E-state index contributed by atoms with van der Waals surface area (Å²) in [5.41, 5.74) is 1.50. The number of rotatable bonds is 4. The van der Waals surface area contributed by atoms with Crippen molar-refractivity contribution in [3.8, 4) is 0 Å². The molecule has 0 radical (unpaired) electrons. The van der Waals surface area contributed by atoms with Gasteiger partial charge in [-0.1, -0.05) is 11.6 Å². The first-order valence-electron chi connectivity index (χ1n) is 12.9. The molecule has 28 heavy (non-hydrogen) atoms. The van der Waals surface area contributed by atoms with Crippen LogP contribution in [0.3, 0.4) is 0 Å². The molecule has 0 bridgehead atoms. The number of nitrogens with zero attached hydrogens (tertiary/aromatic N) is 1. The molecule has 6 nitrogen and oxygen atoms in total. The van der Waals surface area contributed by atoms with E-state index in [2.05, 4.69) is 39.3 Å². The van der Waals surface area contributed by atoms with E-state index in [9.17, 15) is 4.39 Å². The zero-order valence-corrected chi connectivity index (χ0v) is 16.8. The van der Waals surface area contributed by atoms with Gasteiger partial charge in [-0.3, -0.25) is 16.0 Å². The molecule has 7 heteroatoms. The zero-order chi connectivity index (χ0) is 22.9. The van der Waals surface area contributed by atoms with Crippen molar-refractivity contribution in [1.29, 1.82) is 0 Å². The Kier molecular flexibility index (Phi) is 5.23. The monoisotopic (exact) mass is 399 g/mol. The number of fused-ring (bicyclic) bond motifs is 1. The summed E-state index contributed by atoms with van der Waals surface area (Å²) in [4.78, 5) is 2.35. The van der Waals surface area contributed by atoms with E-state index in [1.165, 1.54) is 5.57 Å². The molecule has 0 aromatic heterocycles. The fourth-order valence-corrected chi connectivity index (χ4v) is 5.42. The van der Waals surface area contributed by atoms with Gasteiger partial charge in [-0.05, 0) is 65.5 Å². The van der Waals surface area contributed by atoms with E-state index in [0.717, 1.165) is 51.8 Å². The summed E-state index contributed by atoms with van der Waals surface area (Å²) >= 11 is 0. The standard InChI is InChI=1S/C21H38FN5O/c1-13-18(22)20(23-2)26-21(24-13)25-16-11-15-7-10-28-19(15)17(12-16)14-5-4-8-27(3)9-6-14/h6,13,15-21,23-26H,4-5,7-12H2,1-3H3/i1D,2D3. The van der Waals surface area contributed by atoms with Crippen molar-refractivity contribution in [2.24, 2.45) is 11.8 Å². The van der Waals surface area contributed by atoms with Crippen LogP contribution in [0.1, 0.15) is 44.5 Å². The molecule has 4 N–H and O–H groups in total. The van der Waals surface area contributed by atoms with Gasteiger partial charge in [0.15, 0.2) is 0 Å². The van der Waals surface area contributed by atoms with Crippen LogP contribution in [-0.4, -0.2) is 75.4 Å². The predicted octanol–water partition coefficient (Wildman–Crippen LogP) is 1.16. The molecule has 1 saturated carbocycles. The molecule has 8 unspecified atom stereocenters. The second-order valence-corrected chi connectivity index (χ2v) is 8.91. The Hall–Kier alpha value is -0.570. The predicted molar refractivity (Wildman–Crippen MR) is 110 cm³/mol. The molecule has 2 saturated heterocycles. The molecule has 3 fully saturated rings. The van der Waals surface area contributed by atoms with Gasteiger partial charge in [-0.2, -0.15) is 0 Å². The van der Waals surface area contributed by atoms with Crippen LogP contribution < -0.4 is 21.3 Å². The van der Waals surface area contributed by atoms with Crippen molar-refractivity contribution < 1.29 is 14.6 Å². The Morgan fingerprint density at radius 3 is 3.14 bits per heavy atom. The molecule has 4 rings (SSSR count). The maximum atomic E-state index is 14.7. The summed E-state index contributed by atoms with van der Waals surface area (Å²) in [5, 5.41) is 12.1. The fourth-order valence-electron chi connectivity index (χ4n) is 5.42. The third kappa shape index (κ3) is 4.45. The van der Waals surface area contributed by atoms with Crippen molar-refractivity contribution in [2.45, 2.75) is 75.8 Å². The summed E-state index contributed by atoms with van der Waals surface area (Å²) < 4.78 is 51.0. The molecule has 0 spiro atoms. The highest BCUT2D eigenvalue weighted by Gasteiger charge is 2.44. The van der Waals surface area contributed by atoms with Gasteiger partial charge in [0.2, 0.25) is 0 Å². The average Bonchev–Trinajstić information content (AvgIpc) is 3.09. The van der Waals surface area contributed by atoms with E-state index in [1.54, 1.807) is 0 Å². The van der Waals surface area contributed by atoms with Crippen molar-refractivity contribution >= 4 is 0 Å². The van der Waals surface area contributed by atoms with Crippen LogP contribution in [0.25, 0.3) is 0 Å². The first-order valence-corrected chi connectivity index (χ1v) is 10.7. The van der Waals surface area contributed by atoms with E-state index in [0.29, 0.717) is 11.8 Å². The number of ether oxygens (including phenoxy) is 1. The van der Waals surface area contributed by atoms with Crippen molar-refractivity contribution in [3.63, 3.8) is 0 Å². The van der Waals surface area contributed by atoms with Crippen LogP contribution >= 0.6 is 0 Å². The fraction of sp³-hybridized carbons (Fsp3) is 0.905. The Labute approximate surface area is 174 Å². The summed E-state index contributed by atoms with van der Waals surface area (Å²) in [6.07, 6.45) is 4.89. The molecule has 8 atom stereocenters. The maximum absolute atomic E-state index is 14.7. The smallest absolute Gasteiger partial charge is 0.143 e. The highest BCUT2D eigenvalue weighted by atomic mass is 19.1. The van der Waals surface area contributed by atoms with Crippen LogP contribution in [0.2, 0.25) is 0 Å². The lowest BCUT2D eigenvalue weighted by atomic mass is 9.72. The minimum absolute atomic E-state index is 0.160. The number of alkyl halides is 1. The second kappa shape index (κ2) is 9.06. The topological polar surface area (TPSA) is 60.6 Å². The first kappa shape index (κ1) is 16.2. The number of likely N-dealkylation sites (N-methyl/N-ethyl adjacent to an activating group) is 1. The van der Waals surface area contributed by atoms with E-state index >= 15 is 0 Å². The van der Waals surface area contributed by atoms with E-state index in [4.69, 9.17) is 10.2 Å². The summed E-state index contributed by atoms with van der Waals surface area (Å²) in [5.74, 6) is 0.870.